The van der Waals surface area contributed by atoms with Crippen LogP contribution in [0.1, 0.15) is 36.9 Å². The lowest BCUT2D eigenvalue weighted by Crippen LogP contribution is -2.22. The maximum Gasteiger partial charge on any atom is 0.100 e. The van der Waals surface area contributed by atoms with Crippen molar-refractivity contribution in [1.29, 1.82) is 0 Å². The molecule has 3 heteroatoms. The van der Waals surface area contributed by atoms with Crippen LogP contribution < -0.4 is 0 Å². The van der Waals surface area contributed by atoms with Gasteiger partial charge in [0.25, 0.3) is 0 Å². The Balaban J connectivity index is 1.24. The second-order valence-electron chi connectivity index (χ2n) is 9.61. The van der Waals surface area contributed by atoms with Crippen molar-refractivity contribution in [2.45, 2.75) is 45.8 Å². The number of hydrogen-bond donors (Lipinski definition) is 0. The highest BCUT2D eigenvalue weighted by Gasteiger charge is 2.24. The fraction of sp³-hybridized carbons (Fsp3) is 0.323. The average molecular weight is 451 g/mol. The van der Waals surface area contributed by atoms with Gasteiger partial charge in [-0.2, -0.15) is 5.10 Å². The number of benzene rings is 3. The van der Waals surface area contributed by atoms with Gasteiger partial charge in [0.15, 0.2) is 0 Å². The van der Waals surface area contributed by atoms with E-state index in [0.29, 0.717) is 11.8 Å². The number of aromatic nitrogens is 2. The largest absolute Gasteiger partial charge is 0.376 e. The van der Waals surface area contributed by atoms with E-state index >= 15 is 0 Å². The van der Waals surface area contributed by atoms with Gasteiger partial charge in [0, 0.05) is 30.0 Å². The molecule has 3 aromatic carbocycles. The van der Waals surface area contributed by atoms with E-state index in [-0.39, 0.29) is 0 Å². The Kier molecular flexibility index (Phi) is 7.21. The van der Waals surface area contributed by atoms with Crippen LogP contribution in [0.3, 0.4) is 0 Å². The molecule has 0 radical (unpaired) electrons. The van der Waals surface area contributed by atoms with Crippen LogP contribution in [0.2, 0.25) is 0 Å². The molecule has 0 saturated heterocycles. The Morgan fingerprint density at radius 1 is 0.735 bits per heavy atom. The molecule has 174 valence electrons. The zero-order valence-corrected chi connectivity index (χ0v) is 20.1. The van der Waals surface area contributed by atoms with Crippen molar-refractivity contribution in [3.63, 3.8) is 0 Å². The lowest BCUT2D eigenvalue weighted by Gasteiger charge is -2.28. The summed E-state index contributed by atoms with van der Waals surface area (Å²) in [5.74, 6) is 1.36. The lowest BCUT2D eigenvalue weighted by molar-refractivity contribution is 0.0653. The van der Waals surface area contributed by atoms with Gasteiger partial charge < -0.3 is 4.74 Å². The molecule has 4 aromatic rings. The van der Waals surface area contributed by atoms with E-state index in [1.807, 2.05) is 0 Å². The van der Waals surface area contributed by atoms with E-state index in [1.165, 1.54) is 53.6 Å². The minimum Gasteiger partial charge on any atom is -0.376 e. The minimum absolute atomic E-state index is 0.677. The lowest BCUT2D eigenvalue weighted by atomic mass is 9.82. The van der Waals surface area contributed by atoms with E-state index in [2.05, 4.69) is 103 Å². The van der Waals surface area contributed by atoms with Crippen LogP contribution in [0, 0.1) is 18.8 Å². The molecule has 1 aliphatic rings. The van der Waals surface area contributed by atoms with Gasteiger partial charge in [0.05, 0.1) is 6.61 Å². The van der Waals surface area contributed by atoms with Crippen molar-refractivity contribution >= 4 is 0 Å². The smallest absolute Gasteiger partial charge is 0.100 e. The number of ether oxygens (including phenoxy) is 1. The van der Waals surface area contributed by atoms with E-state index in [9.17, 15) is 0 Å². The Hall–Kier alpha value is -3.17. The average Bonchev–Trinajstić information content (AvgIpc) is 3.22. The molecule has 0 aliphatic heterocycles. The SMILES string of the molecule is Cc1c(-c2ccccc2)c(-c2ccccc2)nn1CC1CCC(COCc2ccccc2)CC1. The summed E-state index contributed by atoms with van der Waals surface area (Å²) >= 11 is 0. The molecule has 1 aromatic heterocycles. The van der Waals surface area contributed by atoms with Crippen LogP contribution in [0.4, 0.5) is 0 Å². The number of rotatable bonds is 8. The zero-order valence-electron chi connectivity index (χ0n) is 20.1. The van der Waals surface area contributed by atoms with Gasteiger partial charge in [-0.1, -0.05) is 91.0 Å². The third-order valence-electron chi connectivity index (χ3n) is 7.18. The van der Waals surface area contributed by atoms with E-state index in [4.69, 9.17) is 9.84 Å². The maximum atomic E-state index is 6.03. The fourth-order valence-corrected chi connectivity index (χ4v) is 5.22. The molecule has 0 spiro atoms. The monoisotopic (exact) mass is 450 g/mol. The fourth-order valence-electron chi connectivity index (χ4n) is 5.22. The Morgan fingerprint density at radius 2 is 1.29 bits per heavy atom. The van der Waals surface area contributed by atoms with Crippen LogP contribution in [-0.2, 0) is 17.9 Å². The molecule has 0 N–H and O–H groups in total. The first-order valence-corrected chi connectivity index (χ1v) is 12.6. The zero-order chi connectivity index (χ0) is 23.2. The molecule has 0 amide bonds. The molecular weight excluding hydrogens is 416 g/mol. The molecule has 3 nitrogen and oxygen atoms in total. The maximum absolute atomic E-state index is 6.03. The summed E-state index contributed by atoms with van der Waals surface area (Å²) in [5, 5.41) is 5.14. The standard InChI is InChI=1S/C31H34N2O/c1-24-30(28-13-7-3-8-14-28)31(29-15-9-4-10-16-29)32-33(24)21-25-17-19-27(20-18-25)23-34-22-26-11-5-2-6-12-26/h2-16,25,27H,17-23H2,1H3. The Morgan fingerprint density at radius 3 is 1.94 bits per heavy atom. The highest BCUT2D eigenvalue weighted by molar-refractivity contribution is 5.82. The molecular formula is C31H34N2O. The molecule has 0 unspecified atom stereocenters. The normalized spacial score (nSPS) is 18.1. The molecule has 1 aliphatic carbocycles. The predicted molar refractivity (Wildman–Crippen MR) is 139 cm³/mol. The summed E-state index contributed by atoms with van der Waals surface area (Å²) in [7, 11) is 0. The predicted octanol–water partition coefficient (Wildman–Crippen LogP) is 7.55. The van der Waals surface area contributed by atoms with Crippen LogP contribution in [0.15, 0.2) is 91.0 Å². The third kappa shape index (κ3) is 5.31. The topological polar surface area (TPSA) is 27.1 Å². The molecule has 0 bridgehead atoms. The third-order valence-corrected chi connectivity index (χ3v) is 7.18. The minimum atomic E-state index is 0.677. The van der Waals surface area contributed by atoms with Crippen molar-refractivity contribution in [1.82, 2.24) is 9.78 Å². The highest BCUT2D eigenvalue weighted by atomic mass is 16.5. The van der Waals surface area contributed by atoms with Gasteiger partial charge in [-0.3, -0.25) is 4.68 Å². The molecule has 1 heterocycles. The summed E-state index contributed by atoms with van der Waals surface area (Å²) in [6.07, 6.45) is 4.99. The van der Waals surface area contributed by atoms with E-state index in [0.717, 1.165) is 25.5 Å². The second-order valence-corrected chi connectivity index (χ2v) is 9.61. The quantitative estimate of drug-likeness (QED) is 0.277. The van der Waals surface area contributed by atoms with Crippen LogP contribution >= 0.6 is 0 Å². The summed E-state index contributed by atoms with van der Waals surface area (Å²) in [5.41, 5.74) is 7.29. The number of hydrogen-bond acceptors (Lipinski definition) is 2. The first kappa shape index (κ1) is 22.6. The molecule has 0 atom stereocenters. The summed E-state index contributed by atoms with van der Waals surface area (Å²) in [6, 6.07) is 31.8. The highest BCUT2D eigenvalue weighted by Crippen LogP contribution is 2.36. The van der Waals surface area contributed by atoms with Gasteiger partial charge >= 0.3 is 0 Å². The van der Waals surface area contributed by atoms with E-state index < -0.39 is 0 Å². The van der Waals surface area contributed by atoms with Gasteiger partial charge in [0.1, 0.15) is 5.69 Å². The van der Waals surface area contributed by atoms with Gasteiger partial charge in [0.2, 0.25) is 0 Å². The van der Waals surface area contributed by atoms with Crippen molar-refractivity contribution < 1.29 is 4.74 Å². The Bertz CT molecular complexity index is 1160. The molecule has 5 rings (SSSR count). The van der Waals surface area contributed by atoms with Crippen LogP contribution in [-0.4, -0.2) is 16.4 Å². The Labute approximate surface area is 203 Å². The van der Waals surface area contributed by atoms with Gasteiger partial charge in [-0.05, 0) is 55.6 Å². The van der Waals surface area contributed by atoms with Crippen molar-refractivity contribution in [3.8, 4) is 22.4 Å². The summed E-state index contributed by atoms with van der Waals surface area (Å²) in [6.45, 7) is 4.82. The van der Waals surface area contributed by atoms with Crippen molar-refractivity contribution in [2.75, 3.05) is 6.61 Å². The van der Waals surface area contributed by atoms with Crippen molar-refractivity contribution in [2.24, 2.45) is 11.8 Å². The summed E-state index contributed by atoms with van der Waals surface area (Å²) in [4.78, 5) is 0. The van der Waals surface area contributed by atoms with Crippen LogP contribution in [0.5, 0.6) is 0 Å². The van der Waals surface area contributed by atoms with Gasteiger partial charge in [-0.25, -0.2) is 0 Å². The van der Waals surface area contributed by atoms with Crippen molar-refractivity contribution in [3.05, 3.63) is 102 Å². The first-order chi connectivity index (χ1) is 16.8. The molecule has 34 heavy (non-hydrogen) atoms. The van der Waals surface area contributed by atoms with E-state index in [1.54, 1.807) is 0 Å². The first-order valence-electron chi connectivity index (χ1n) is 12.6. The summed E-state index contributed by atoms with van der Waals surface area (Å²) < 4.78 is 8.30. The second kappa shape index (κ2) is 10.8. The number of nitrogens with zero attached hydrogens (tertiary/aromatic N) is 2. The molecule has 1 saturated carbocycles. The molecule has 1 fully saturated rings. The van der Waals surface area contributed by atoms with Gasteiger partial charge in [-0.15, -0.1) is 0 Å². The van der Waals surface area contributed by atoms with Crippen LogP contribution in [0.25, 0.3) is 22.4 Å².